The van der Waals surface area contributed by atoms with Crippen LogP contribution in [-0.2, 0) is 11.3 Å². The lowest BCUT2D eigenvalue weighted by Gasteiger charge is -2.36. The number of piperidine rings is 1. The van der Waals surface area contributed by atoms with Crippen LogP contribution in [0.15, 0.2) is 16.7 Å². The summed E-state index contributed by atoms with van der Waals surface area (Å²) in [5.41, 5.74) is 0.730. The van der Waals surface area contributed by atoms with Gasteiger partial charge in [-0.15, -0.1) is 0 Å². The summed E-state index contributed by atoms with van der Waals surface area (Å²) in [6, 6.07) is 2.30. The van der Waals surface area contributed by atoms with Gasteiger partial charge in [0.05, 0.1) is 12.8 Å². The van der Waals surface area contributed by atoms with Crippen molar-refractivity contribution < 1.29 is 13.9 Å². The molecule has 1 aromatic rings. The van der Waals surface area contributed by atoms with Crippen molar-refractivity contribution in [2.24, 2.45) is 5.92 Å². The number of aryl methyl sites for hydroxylation is 1. The predicted octanol–water partition coefficient (Wildman–Crippen LogP) is 3.71. The van der Waals surface area contributed by atoms with Gasteiger partial charge in [0, 0.05) is 19.1 Å². The fourth-order valence-corrected chi connectivity index (χ4v) is 2.92. The molecular weight excluding hydrogens is 292 g/mol. The molecular formula is C18H30N2O3. The number of amides is 1. The second-order valence-electron chi connectivity index (χ2n) is 7.53. The van der Waals surface area contributed by atoms with Crippen LogP contribution < -0.4 is 5.32 Å². The minimum absolute atomic E-state index is 0.198. The van der Waals surface area contributed by atoms with Crippen molar-refractivity contribution in [2.45, 2.75) is 65.6 Å². The highest BCUT2D eigenvalue weighted by Gasteiger charge is 2.30. The Bertz CT molecular complexity index is 519. The van der Waals surface area contributed by atoms with Crippen molar-refractivity contribution in [1.82, 2.24) is 10.2 Å². The Morgan fingerprint density at radius 1 is 1.52 bits per heavy atom. The Morgan fingerprint density at radius 3 is 2.87 bits per heavy atom. The monoisotopic (exact) mass is 322 g/mol. The third-order valence-electron chi connectivity index (χ3n) is 4.37. The number of nitrogens with zero attached hydrogens (tertiary/aromatic N) is 1. The zero-order chi connectivity index (χ0) is 17.0. The molecule has 2 unspecified atom stereocenters. The first-order chi connectivity index (χ1) is 10.8. The molecule has 130 valence electrons. The summed E-state index contributed by atoms with van der Waals surface area (Å²) in [5, 5.41) is 3.53. The molecule has 1 fully saturated rings. The first-order valence-electron chi connectivity index (χ1n) is 8.50. The Balaban J connectivity index is 1.85. The summed E-state index contributed by atoms with van der Waals surface area (Å²) < 4.78 is 11.0. The Labute approximate surface area is 139 Å². The smallest absolute Gasteiger partial charge is 0.410 e. The molecule has 0 spiro atoms. The number of carbonyl (C=O) groups is 1. The molecule has 2 atom stereocenters. The van der Waals surface area contributed by atoms with Gasteiger partial charge in [-0.2, -0.15) is 0 Å². The molecule has 0 radical (unpaired) electrons. The van der Waals surface area contributed by atoms with Gasteiger partial charge in [0.2, 0.25) is 0 Å². The molecule has 0 saturated carbocycles. The number of likely N-dealkylation sites (tertiary alicyclic amines) is 1. The highest BCUT2D eigenvalue weighted by atomic mass is 16.6. The van der Waals surface area contributed by atoms with Crippen LogP contribution in [0.5, 0.6) is 0 Å². The minimum Gasteiger partial charge on any atom is -0.468 e. The average Bonchev–Trinajstić information content (AvgIpc) is 2.88. The lowest BCUT2D eigenvalue weighted by atomic mass is 9.91. The van der Waals surface area contributed by atoms with Crippen molar-refractivity contribution >= 4 is 6.09 Å². The zero-order valence-corrected chi connectivity index (χ0v) is 15.0. The lowest BCUT2D eigenvalue weighted by molar-refractivity contribution is 0.0147. The topological polar surface area (TPSA) is 54.7 Å². The SMILES string of the molecule is Cc1ccoc1CNC(C)C1CCCN(C(=O)OC(C)(C)C)C1. The van der Waals surface area contributed by atoms with Gasteiger partial charge in [-0.25, -0.2) is 4.79 Å². The quantitative estimate of drug-likeness (QED) is 0.918. The molecule has 5 nitrogen and oxygen atoms in total. The first kappa shape index (κ1) is 17.9. The number of nitrogens with one attached hydrogen (secondary N) is 1. The van der Waals surface area contributed by atoms with E-state index in [0.29, 0.717) is 12.0 Å². The minimum atomic E-state index is -0.440. The molecule has 0 aromatic carbocycles. The number of furan rings is 1. The zero-order valence-electron chi connectivity index (χ0n) is 15.0. The molecule has 1 saturated heterocycles. The highest BCUT2D eigenvalue weighted by Crippen LogP contribution is 2.22. The van der Waals surface area contributed by atoms with E-state index in [4.69, 9.17) is 9.15 Å². The standard InChI is InChI=1S/C18H30N2O3/c1-13-8-10-22-16(13)11-19-14(2)15-7-6-9-20(12-15)17(21)23-18(3,4)5/h8,10,14-15,19H,6-7,9,11-12H2,1-5H3. The van der Waals surface area contributed by atoms with Gasteiger partial charge in [-0.1, -0.05) is 0 Å². The summed E-state index contributed by atoms with van der Waals surface area (Å²) >= 11 is 0. The maximum absolute atomic E-state index is 12.2. The lowest BCUT2D eigenvalue weighted by Crippen LogP contribution is -2.47. The normalized spacial score (nSPS) is 20.4. The Hall–Kier alpha value is -1.49. The van der Waals surface area contributed by atoms with Crippen LogP contribution >= 0.6 is 0 Å². The fourth-order valence-electron chi connectivity index (χ4n) is 2.92. The van der Waals surface area contributed by atoms with Gasteiger partial charge in [0.15, 0.2) is 0 Å². The molecule has 1 N–H and O–H groups in total. The van der Waals surface area contributed by atoms with Crippen molar-refractivity contribution in [2.75, 3.05) is 13.1 Å². The van der Waals surface area contributed by atoms with E-state index in [1.54, 1.807) is 6.26 Å². The second kappa shape index (κ2) is 7.39. The van der Waals surface area contributed by atoms with E-state index in [9.17, 15) is 4.79 Å². The molecule has 0 aliphatic carbocycles. The van der Waals surface area contributed by atoms with Crippen LogP contribution in [-0.4, -0.2) is 35.7 Å². The van der Waals surface area contributed by atoms with Crippen molar-refractivity contribution in [1.29, 1.82) is 0 Å². The summed E-state index contributed by atoms with van der Waals surface area (Å²) in [6.45, 7) is 12.2. The fraction of sp³-hybridized carbons (Fsp3) is 0.722. The third-order valence-corrected chi connectivity index (χ3v) is 4.37. The molecule has 1 aliphatic rings. The van der Waals surface area contributed by atoms with E-state index in [1.807, 2.05) is 31.7 Å². The number of hydrogen-bond donors (Lipinski definition) is 1. The Morgan fingerprint density at radius 2 is 2.26 bits per heavy atom. The number of rotatable bonds is 4. The number of hydrogen-bond acceptors (Lipinski definition) is 4. The van der Waals surface area contributed by atoms with Crippen LogP contribution in [0.3, 0.4) is 0 Å². The maximum atomic E-state index is 12.2. The summed E-state index contributed by atoms with van der Waals surface area (Å²) in [4.78, 5) is 14.1. The average molecular weight is 322 g/mol. The van der Waals surface area contributed by atoms with Crippen LogP contribution in [0.4, 0.5) is 4.79 Å². The van der Waals surface area contributed by atoms with Crippen LogP contribution in [0.2, 0.25) is 0 Å². The largest absolute Gasteiger partial charge is 0.468 e. The molecule has 1 aliphatic heterocycles. The third kappa shape index (κ3) is 5.27. The summed E-state index contributed by atoms with van der Waals surface area (Å²) in [6.07, 6.45) is 3.68. The molecule has 0 bridgehead atoms. The van der Waals surface area contributed by atoms with Crippen molar-refractivity contribution in [3.05, 3.63) is 23.7 Å². The van der Waals surface area contributed by atoms with E-state index in [1.165, 1.54) is 5.56 Å². The van der Waals surface area contributed by atoms with Gasteiger partial charge in [-0.05, 0) is 65.0 Å². The van der Waals surface area contributed by atoms with Crippen molar-refractivity contribution in [3.63, 3.8) is 0 Å². The predicted molar refractivity (Wildman–Crippen MR) is 90.3 cm³/mol. The van der Waals surface area contributed by atoms with E-state index in [0.717, 1.165) is 38.2 Å². The van der Waals surface area contributed by atoms with E-state index < -0.39 is 5.60 Å². The molecule has 2 rings (SSSR count). The van der Waals surface area contributed by atoms with Gasteiger partial charge < -0.3 is 19.4 Å². The van der Waals surface area contributed by atoms with Gasteiger partial charge in [0.25, 0.3) is 0 Å². The second-order valence-corrected chi connectivity index (χ2v) is 7.53. The molecule has 1 amide bonds. The van der Waals surface area contributed by atoms with Crippen LogP contribution in [0.25, 0.3) is 0 Å². The van der Waals surface area contributed by atoms with Crippen molar-refractivity contribution in [3.8, 4) is 0 Å². The summed E-state index contributed by atoms with van der Waals surface area (Å²) in [7, 11) is 0. The van der Waals surface area contributed by atoms with Gasteiger partial charge in [0.1, 0.15) is 11.4 Å². The number of ether oxygens (including phenoxy) is 1. The Kier molecular flexibility index (Phi) is 5.74. The van der Waals surface area contributed by atoms with Crippen LogP contribution in [0, 0.1) is 12.8 Å². The molecule has 1 aromatic heterocycles. The van der Waals surface area contributed by atoms with E-state index >= 15 is 0 Å². The van der Waals surface area contributed by atoms with Gasteiger partial charge in [-0.3, -0.25) is 0 Å². The first-order valence-corrected chi connectivity index (χ1v) is 8.50. The number of carbonyl (C=O) groups excluding carboxylic acids is 1. The van der Waals surface area contributed by atoms with Crippen LogP contribution in [0.1, 0.15) is 51.9 Å². The van der Waals surface area contributed by atoms with E-state index in [2.05, 4.69) is 19.2 Å². The molecule has 2 heterocycles. The summed E-state index contributed by atoms with van der Waals surface area (Å²) in [5.74, 6) is 1.42. The maximum Gasteiger partial charge on any atom is 0.410 e. The molecule has 23 heavy (non-hydrogen) atoms. The van der Waals surface area contributed by atoms with E-state index in [-0.39, 0.29) is 6.09 Å². The molecule has 5 heteroatoms. The van der Waals surface area contributed by atoms with Gasteiger partial charge >= 0.3 is 6.09 Å². The highest BCUT2D eigenvalue weighted by molar-refractivity contribution is 5.68.